The first-order valence-corrected chi connectivity index (χ1v) is 10.3. The van der Waals surface area contributed by atoms with E-state index in [1.54, 1.807) is 30.3 Å². The molecule has 136 valence electrons. The van der Waals surface area contributed by atoms with E-state index in [0.717, 1.165) is 5.69 Å². The molecule has 25 heavy (non-hydrogen) atoms. The minimum atomic E-state index is -4.25. The van der Waals surface area contributed by atoms with Gasteiger partial charge in [-0.1, -0.05) is 28.7 Å². The molecule has 0 bridgehead atoms. The fraction of sp³-hybridized carbons (Fsp3) is 0.250. The molecule has 3 N–H and O–H groups in total. The molecule has 2 rings (SSSR count). The van der Waals surface area contributed by atoms with Gasteiger partial charge in [0, 0.05) is 16.2 Å². The number of halogens is 1. The third kappa shape index (κ3) is 6.69. The summed E-state index contributed by atoms with van der Waals surface area (Å²) in [5.74, 6) is 0.964. The lowest BCUT2D eigenvalue weighted by molar-refractivity contribution is 0.128. The first kappa shape index (κ1) is 19.8. The zero-order valence-corrected chi connectivity index (χ0v) is 16.1. The van der Waals surface area contributed by atoms with Crippen molar-refractivity contribution in [2.75, 3.05) is 23.1 Å². The number of benzene rings is 2. The number of hydrogen-bond donors (Lipinski definition) is 3. The summed E-state index contributed by atoms with van der Waals surface area (Å²) in [5, 5.41) is 12.5. The molecule has 0 aromatic heterocycles. The zero-order valence-electron chi connectivity index (χ0n) is 13.1. The van der Waals surface area contributed by atoms with E-state index >= 15 is 0 Å². The topological polar surface area (TPSA) is 105 Å². The Hall–Kier alpha value is -1.56. The lowest BCUT2D eigenvalue weighted by Gasteiger charge is -2.12. The summed E-state index contributed by atoms with van der Waals surface area (Å²) in [4.78, 5) is -0.222. The molecular weight excluding hydrogens is 461 g/mol. The maximum atomic E-state index is 11.1. The molecule has 0 aliphatic carbocycles. The van der Waals surface area contributed by atoms with Crippen LogP contribution < -0.4 is 14.8 Å². The summed E-state index contributed by atoms with van der Waals surface area (Å²) in [6.45, 7) is 0.353. The molecular formula is C16H18INO6S. The average Bonchev–Trinajstić information content (AvgIpc) is 2.60. The van der Waals surface area contributed by atoms with Crippen molar-refractivity contribution in [1.82, 2.24) is 0 Å². The first-order valence-electron chi connectivity index (χ1n) is 7.29. The zero-order chi connectivity index (χ0) is 18.3. The first-order chi connectivity index (χ1) is 11.9. The molecule has 0 saturated carbocycles. The van der Waals surface area contributed by atoms with Crippen LogP contribution in [0, 0.1) is 0 Å². The summed E-state index contributed by atoms with van der Waals surface area (Å²) in [7, 11) is -4.25. The van der Waals surface area contributed by atoms with Gasteiger partial charge in [0.25, 0.3) is 10.1 Å². The molecule has 0 fully saturated rings. The third-order valence-electron chi connectivity index (χ3n) is 3.09. The maximum absolute atomic E-state index is 11.1. The fourth-order valence-electron chi connectivity index (χ4n) is 1.83. The van der Waals surface area contributed by atoms with E-state index in [0.29, 0.717) is 15.9 Å². The minimum absolute atomic E-state index is 0.114. The molecule has 0 aliphatic rings. The van der Waals surface area contributed by atoms with Gasteiger partial charge in [0.05, 0.1) is 11.0 Å². The smallest absolute Gasteiger partial charge is 0.294 e. The summed E-state index contributed by atoms with van der Waals surface area (Å²) in [6, 6.07) is 12.7. The average molecular weight is 479 g/mol. The third-order valence-corrected chi connectivity index (χ3v) is 4.96. The van der Waals surface area contributed by atoms with Crippen LogP contribution in [0.1, 0.15) is 0 Å². The maximum Gasteiger partial charge on any atom is 0.294 e. The molecule has 2 aromatic carbocycles. The molecule has 0 radical (unpaired) electrons. The van der Waals surface area contributed by atoms with E-state index in [1.807, 2.05) is 0 Å². The molecule has 1 unspecified atom stereocenters. The SMILES string of the molecule is O=S(=O)(O)c1cccc(OCNc2ccc(OCC(O)CI)cc2)c1. The number of hydrogen-bond acceptors (Lipinski definition) is 6. The molecule has 0 saturated heterocycles. The highest BCUT2D eigenvalue weighted by Gasteiger charge is 2.10. The second kappa shape index (κ2) is 9.22. The van der Waals surface area contributed by atoms with Crippen molar-refractivity contribution in [1.29, 1.82) is 0 Å². The van der Waals surface area contributed by atoms with Crippen molar-refractivity contribution in [3.63, 3.8) is 0 Å². The normalized spacial score (nSPS) is 12.4. The Morgan fingerprint density at radius 3 is 2.44 bits per heavy atom. The van der Waals surface area contributed by atoms with Crippen LogP contribution in [-0.4, -0.2) is 41.9 Å². The van der Waals surface area contributed by atoms with Crippen LogP contribution in [0.4, 0.5) is 5.69 Å². The van der Waals surface area contributed by atoms with Gasteiger partial charge < -0.3 is 19.9 Å². The van der Waals surface area contributed by atoms with Crippen LogP contribution in [0.2, 0.25) is 0 Å². The van der Waals surface area contributed by atoms with Crippen molar-refractivity contribution < 1.29 is 27.6 Å². The van der Waals surface area contributed by atoms with Crippen LogP contribution in [0.5, 0.6) is 11.5 Å². The summed E-state index contributed by atoms with van der Waals surface area (Å²) in [5.41, 5.74) is 0.785. The van der Waals surface area contributed by atoms with Gasteiger partial charge in [0.15, 0.2) is 6.73 Å². The summed E-state index contributed by atoms with van der Waals surface area (Å²) >= 11 is 2.09. The molecule has 0 amide bonds. The number of alkyl halides is 1. The Bertz CT molecular complexity index is 781. The molecule has 9 heteroatoms. The highest BCUT2D eigenvalue weighted by molar-refractivity contribution is 14.1. The molecule has 2 aromatic rings. The largest absolute Gasteiger partial charge is 0.491 e. The predicted octanol–water partition coefficient (Wildman–Crippen LogP) is 2.56. The number of nitrogens with one attached hydrogen (secondary N) is 1. The Balaban J connectivity index is 1.84. The molecule has 1 atom stereocenters. The van der Waals surface area contributed by atoms with E-state index < -0.39 is 16.2 Å². The quantitative estimate of drug-likeness (QED) is 0.220. The number of aliphatic hydroxyl groups is 1. The lowest BCUT2D eigenvalue weighted by atomic mass is 10.3. The van der Waals surface area contributed by atoms with E-state index in [4.69, 9.17) is 14.0 Å². The van der Waals surface area contributed by atoms with Gasteiger partial charge in [0.2, 0.25) is 0 Å². The van der Waals surface area contributed by atoms with Crippen LogP contribution in [-0.2, 0) is 10.1 Å². The van der Waals surface area contributed by atoms with E-state index in [1.165, 1.54) is 18.2 Å². The van der Waals surface area contributed by atoms with Gasteiger partial charge in [0.1, 0.15) is 18.1 Å². The molecule has 0 spiro atoms. The molecule has 0 heterocycles. The van der Waals surface area contributed by atoms with Crippen molar-refractivity contribution >= 4 is 38.4 Å². The lowest BCUT2D eigenvalue weighted by Crippen LogP contribution is -2.18. The van der Waals surface area contributed by atoms with Crippen LogP contribution in [0.3, 0.4) is 0 Å². The fourth-order valence-corrected chi connectivity index (χ4v) is 2.60. The predicted molar refractivity (Wildman–Crippen MR) is 102 cm³/mol. The van der Waals surface area contributed by atoms with Crippen LogP contribution in [0.15, 0.2) is 53.4 Å². The van der Waals surface area contributed by atoms with Crippen molar-refractivity contribution in [3.8, 4) is 11.5 Å². The van der Waals surface area contributed by atoms with Gasteiger partial charge in [-0.25, -0.2) is 0 Å². The minimum Gasteiger partial charge on any atom is -0.491 e. The Kier molecular flexibility index (Phi) is 7.29. The van der Waals surface area contributed by atoms with Gasteiger partial charge in [-0.15, -0.1) is 0 Å². The van der Waals surface area contributed by atoms with Crippen LogP contribution in [0.25, 0.3) is 0 Å². The highest BCUT2D eigenvalue weighted by atomic mass is 127. The van der Waals surface area contributed by atoms with Gasteiger partial charge in [-0.2, -0.15) is 8.42 Å². The van der Waals surface area contributed by atoms with Crippen molar-refractivity contribution in [2.24, 2.45) is 0 Å². The van der Waals surface area contributed by atoms with Crippen molar-refractivity contribution in [2.45, 2.75) is 11.0 Å². The highest BCUT2D eigenvalue weighted by Crippen LogP contribution is 2.18. The van der Waals surface area contributed by atoms with E-state index in [-0.39, 0.29) is 18.2 Å². The van der Waals surface area contributed by atoms with Gasteiger partial charge in [-0.3, -0.25) is 4.55 Å². The summed E-state index contributed by atoms with van der Waals surface area (Å²) < 4.78 is 42.6. The van der Waals surface area contributed by atoms with Crippen LogP contribution >= 0.6 is 22.6 Å². The Labute approximate surface area is 159 Å². The monoisotopic (exact) mass is 479 g/mol. The number of rotatable bonds is 9. The Morgan fingerprint density at radius 2 is 1.80 bits per heavy atom. The molecule has 0 aliphatic heterocycles. The van der Waals surface area contributed by atoms with Gasteiger partial charge in [-0.05, 0) is 36.4 Å². The number of anilines is 1. The summed E-state index contributed by atoms with van der Waals surface area (Å²) in [6.07, 6.45) is -0.495. The Morgan fingerprint density at radius 1 is 1.08 bits per heavy atom. The molecule has 7 nitrogen and oxygen atoms in total. The van der Waals surface area contributed by atoms with Crippen molar-refractivity contribution in [3.05, 3.63) is 48.5 Å². The van der Waals surface area contributed by atoms with E-state index in [2.05, 4.69) is 27.9 Å². The standard InChI is InChI=1S/C16H18INO6S/c17-9-13(19)10-23-14-6-4-12(5-7-14)18-11-24-15-2-1-3-16(8-15)25(20,21)22/h1-8,13,18-19H,9-11H2,(H,20,21,22). The second-order valence-corrected chi connectivity index (χ2v) is 7.36. The van der Waals surface area contributed by atoms with E-state index in [9.17, 15) is 13.5 Å². The second-order valence-electron chi connectivity index (χ2n) is 5.06. The van der Waals surface area contributed by atoms with Gasteiger partial charge >= 0.3 is 0 Å². The number of ether oxygens (including phenoxy) is 2. The number of aliphatic hydroxyl groups excluding tert-OH is 1.